The summed E-state index contributed by atoms with van der Waals surface area (Å²) < 4.78 is 1.99. The Balaban J connectivity index is 2.11. The molecule has 0 amide bonds. The minimum absolute atomic E-state index is 0.214. The zero-order chi connectivity index (χ0) is 14.8. The molecule has 0 atom stereocenters. The van der Waals surface area contributed by atoms with Crippen molar-refractivity contribution in [2.45, 2.75) is 34.1 Å². The number of hydrogen-bond donors (Lipinski definition) is 1. The molecule has 0 fully saturated rings. The molecular weight excluding hydrogens is 246 g/mol. The number of nitrogens with one attached hydrogen (secondary N) is 1. The molecule has 0 spiro atoms. The summed E-state index contributed by atoms with van der Waals surface area (Å²) in [4.78, 5) is 0. The van der Waals surface area contributed by atoms with Gasteiger partial charge in [0.2, 0.25) is 0 Å². The van der Waals surface area contributed by atoms with E-state index in [2.05, 4.69) is 57.3 Å². The molecule has 1 heterocycles. The highest BCUT2D eigenvalue weighted by atomic mass is 15.3. The summed E-state index contributed by atoms with van der Waals surface area (Å²) in [6, 6.07) is 8.48. The van der Waals surface area contributed by atoms with E-state index in [-0.39, 0.29) is 5.41 Å². The molecule has 2 aromatic rings. The molecule has 3 nitrogen and oxygen atoms in total. The number of fused-ring (bicyclic) bond motifs is 1. The standard InChI is InChI=1S/C17H27N3/c1-13(2)11-18-12-17(3,4)10-15-14-8-6-7-9-16(14)20(5)19-15/h6-9,13,18H,10-12H2,1-5H3. The van der Waals surface area contributed by atoms with Gasteiger partial charge in [-0.2, -0.15) is 5.10 Å². The number of rotatable bonds is 6. The summed E-state index contributed by atoms with van der Waals surface area (Å²) in [6.07, 6.45) is 0.999. The molecule has 1 N–H and O–H groups in total. The van der Waals surface area contributed by atoms with Crippen LogP contribution in [0.15, 0.2) is 24.3 Å². The maximum absolute atomic E-state index is 4.71. The average molecular weight is 273 g/mol. The molecule has 0 unspecified atom stereocenters. The zero-order valence-electron chi connectivity index (χ0n) is 13.4. The Morgan fingerprint density at radius 3 is 2.65 bits per heavy atom. The second-order valence-corrected chi connectivity index (χ2v) is 6.95. The van der Waals surface area contributed by atoms with Crippen LogP contribution in [0.3, 0.4) is 0 Å². The van der Waals surface area contributed by atoms with Gasteiger partial charge in [0.1, 0.15) is 0 Å². The molecule has 0 saturated carbocycles. The zero-order valence-corrected chi connectivity index (χ0v) is 13.4. The molecule has 0 bridgehead atoms. The van der Waals surface area contributed by atoms with Gasteiger partial charge >= 0.3 is 0 Å². The predicted molar refractivity (Wildman–Crippen MR) is 85.9 cm³/mol. The van der Waals surface area contributed by atoms with Gasteiger partial charge in [-0.25, -0.2) is 0 Å². The van der Waals surface area contributed by atoms with Crippen molar-refractivity contribution < 1.29 is 0 Å². The van der Waals surface area contributed by atoms with Crippen LogP contribution in [0.1, 0.15) is 33.4 Å². The van der Waals surface area contributed by atoms with E-state index >= 15 is 0 Å². The maximum Gasteiger partial charge on any atom is 0.0709 e. The predicted octanol–water partition coefficient (Wildman–Crippen LogP) is 3.39. The fraction of sp³-hybridized carbons (Fsp3) is 0.588. The van der Waals surface area contributed by atoms with Gasteiger partial charge in [-0.3, -0.25) is 4.68 Å². The lowest BCUT2D eigenvalue weighted by molar-refractivity contribution is 0.327. The molecule has 2 rings (SSSR count). The lowest BCUT2D eigenvalue weighted by Crippen LogP contribution is -2.33. The molecule has 0 radical (unpaired) electrons. The van der Waals surface area contributed by atoms with Gasteiger partial charge in [0.05, 0.1) is 11.2 Å². The van der Waals surface area contributed by atoms with E-state index in [0.29, 0.717) is 5.92 Å². The summed E-state index contributed by atoms with van der Waals surface area (Å²) in [5, 5.41) is 9.56. The first-order chi connectivity index (χ1) is 9.39. The van der Waals surface area contributed by atoms with Crippen LogP contribution in [-0.2, 0) is 13.5 Å². The fourth-order valence-electron chi connectivity index (χ4n) is 2.63. The monoisotopic (exact) mass is 273 g/mol. The van der Waals surface area contributed by atoms with Gasteiger partial charge in [-0.05, 0) is 30.4 Å². The van der Waals surface area contributed by atoms with Crippen molar-refractivity contribution in [1.29, 1.82) is 0 Å². The SMILES string of the molecule is CC(C)CNCC(C)(C)Cc1nn(C)c2ccccc12. The molecule has 0 aliphatic heterocycles. The van der Waals surface area contributed by atoms with E-state index in [1.165, 1.54) is 16.6 Å². The first kappa shape index (κ1) is 15.0. The quantitative estimate of drug-likeness (QED) is 0.874. The summed E-state index contributed by atoms with van der Waals surface area (Å²) >= 11 is 0. The lowest BCUT2D eigenvalue weighted by Gasteiger charge is -2.25. The van der Waals surface area contributed by atoms with Crippen molar-refractivity contribution >= 4 is 10.9 Å². The van der Waals surface area contributed by atoms with E-state index < -0.39 is 0 Å². The Hall–Kier alpha value is -1.35. The topological polar surface area (TPSA) is 29.9 Å². The smallest absolute Gasteiger partial charge is 0.0709 e. The van der Waals surface area contributed by atoms with Crippen molar-refractivity contribution in [3.8, 4) is 0 Å². The minimum Gasteiger partial charge on any atom is -0.316 e. The van der Waals surface area contributed by atoms with Gasteiger partial charge in [0.25, 0.3) is 0 Å². The van der Waals surface area contributed by atoms with Crippen molar-refractivity contribution in [1.82, 2.24) is 15.1 Å². The van der Waals surface area contributed by atoms with Gasteiger partial charge < -0.3 is 5.32 Å². The third-order valence-electron chi connectivity index (χ3n) is 3.64. The third-order valence-corrected chi connectivity index (χ3v) is 3.64. The highest BCUT2D eigenvalue weighted by molar-refractivity contribution is 5.81. The van der Waals surface area contributed by atoms with Crippen molar-refractivity contribution in [3.05, 3.63) is 30.0 Å². The molecule has 0 saturated heterocycles. The first-order valence-electron chi connectivity index (χ1n) is 7.50. The van der Waals surface area contributed by atoms with Crippen LogP contribution in [0.2, 0.25) is 0 Å². The Labute approximate surface area is 122 Å². The van der Waals surface area contributed by atoms with Gasteiger partial charge in [0, 0.05) is 19.0 Å². The average Bonchev–Trinajstić information content (AvgIpc) is 2.65. The molecule has 1 aromatic heterocycles. The van der Waals surface area contributed by atoms with Crippen LogP contribution in [0.4, 0.5) is 0 Å². The Morgan fingerprint density at radius 1 is 1.25 bits per heavy atom. The van der Waals surface area contributed by atoms with E-state index in [1.807, 2.05) is 11.7 Å². The lowest BCUT2D eigenvalue weighted by atomic mass is 9.87. The van der Waals surface area contributed by atoms with E-state index in [9.17, 15) is 0 Å². The molecule has 110 valence electrons. The van der Waals surface area contributed by atoms with Crippen LogP contribution >= 0.6 is 0 Å². The summed E-state index contributed by atoms with van der Waals surface area (Å²) in [6.45, 7) is 11.2. The Morgan fingerprint density at radius 2 is 1.95 bits per heavy atom. The van der Waals surface area contributed by atoms with Crippen LogP contribution in [0.25, 0.3) is 10.9 Å². The molecule has 20 heavy (non-hydrogen) atoms. The van der Waals surface area contributed by atoms with Gasteiger partial charge in [0.15, 0.2) is 0 Å². The molecule has 0 aliphatic carbocycles. The summed E-state index contributed by atoms with van der Waals surface area (Å²) in [7, 11) is 2.02. The van der Waals surface area contributed by atoms with E-state index in [1.54, 1.807) is 0 Å². The van der Waals surface area contributed by atoms with Crippen molar-refractivity contribution in [2.75, 3.05) is 13.1 Å². The molecule has 3 heteroatoms. The second kappa shape index (κ2) is 5.96. The highest BCUT2D eigenvalue weighted by Gasteiger charge is 2.21. The molecular formula is C17H27N3. The van der Waals surface area contributed by atoms with Crippen molar-refractivity contribution in [2.24, 2.45) is 18.4 Å². The Bertz CT molecular complexity index is 567. The maximum atomic E-state index is 4.71. The van der Waals surface area contributed by atoms with E-state index in [0.717, 1.165) is 19.5 Å². The Kier molecular flexibility index (Phi) is 4.48. The minimum atomic E-state index is 0.214. The summed E-state index contributed by atoms with van der Waals surface area (Å²) in [5.74, 6) is 0.696. The number of para-hydroxylation sites is 1. The van der Waals surface area contributed by atoms with Crippen LogP contribution in [0.5, 0.6) is 0 Å². The first-order valence-corrected chi connectivity index (χ1v) is 7.50. The number of benzene rings is 1. The van der Waals surface area contributed by atoms with Crippen LogP contribution in [0, 0.1) is 11.3 Å². The fourth-order valence-corrected chi connectivity index (χ4v) is 2.63. The third kappa shape index (κ3) is 3.60. The summed E-state index contributed by atoms with van der Waals surface area (Å²) in [5.41, 5.74) is 2.64. The van der Waals surface area contributed by atoms with Crippen molar-refractivity contribution in [3.63, 3.8) is 0 Å². The highest BCUT2D eigenvalue weighted by Crippen LogP contribution is 2.25. The molecule has 0 aliphatic rings. The van der Waals surface area contributed by atoms with E-state index in [4.69, 9.17) is 5.10 Å². The van der Waals surface area contributed by atoms with Crippen LogP contribution in [-0.4, -0.2) is 22.9 Å². The number of hydrogen-bond acceptors (Lipinski definition) is 2. The number of aryl methyl sites for hydroxylation is 1. The normalized spacial score (nSPS) is 12.5. The largest absolute Gasteiger partial charge is 0.316 e. The van der Waals surface area contributed by atoms with Gasteiger partial charge in [-0.1, -0.05) is 45.9 Å². The van der Waals surface area contributed by atoms with Gasteiger partial charge in [-0.15, -0.1) is 0 Å². The second-order valence-electron chi connectivity index (χ2n) is 6.95. The number of nitrogens with zero attached hydrogens (tertiary/aromatic N) is 2. The number of aromatic nitrogens is 2. The molecule has 1 aromatic carbocycles. The van der Waals surface area contributed by atoms with Crippen LogP contribution < -0.4 is 5.32 Å².